The molecule has 0 bridgehead atoms. The molecule has 0 aromatic carbocycles. The zero-order valence-corrected chi connectivity index (χ0v) is 11.4. The van der Waals surface area contributed by atoms with Crippen molar-refractivity contribution in [1.29, 1.82) is 0 Å². The van der Waals surface area contributed by atoms with E-state index in [0.717, 1.165) is 10.6 Å². The van der Waals surface area contributed by atoms with Crippen molar-refractivity contribution >= 4 is 23.1 Å². The van der Waals surface area contributed by atoms with Gasteiger partial charge in [0.05, 0.1) is 17.7 Å². The Labute approximate surface area is 114 Å². The monoisotopic (exact) mass is 278 g/mol. The Morgan fingerprint density at radius 2 is 2.26 bits per heavy atom. The van der Waals surface area contributed by atoms with Crippen LogP contribution in [0.2, 0.25) is 0 Å². The molecule has 0 saturated carbocycles. The number of hydrogen-bond acceptors (Lipinski definition) is 7. The first-order chi connectivity index (χ1) is 9.11. The Morgan fingerprint density at radius 3 is 2.79 bits per heavy atom. The van der Waals surface area contributed by atoms with Crippen molar-refractivity contribution in [1.82, 2.24) is 20.1 Å². The summed E-state index contributed by atoms with van der Waals surface area (Å²) in [6, 6.07) is 3.19. The molecule has 7 nitrogen and oxygen atoms in total. The summed E-state index contributed by atoms with van der Waals surface area (Å²) in [5.41, 5.74) is 5.35. The van der Waals surface area contributed by atoms with E-state index in [4.69, 9.17) is 5.84 Å². The molecule has 2 aromatic heterocycles. The van der Waals surface area contributed by atoms with Crippen LogP contribution in [0.25, 0.3) is 0 Å². The average molecular weight is 278 g/mol. The number of rotatable bonds is 4. The molecule has 3 N–H and O–H groups in total. The average Bonchev–Trinajstić information content (AvgIpc) is 2.83. The summed E-state index contributed by atoms with van der Waals surface area (Å²) in [7, 11) is 1.72. The van der Waals surface area contributed by atoms with Crippen molar-refractivity contribution < 1.29 is 4.79 Å². The van der Waals surface area contributed by atoms with Gasteiger partial charge < -0.3 is 10.3 Å². The van der Waals surface area contributed by atoms with Gasteiger partial charge in [-0.2, -0.15) is 0 Å². The van der Waals surface area contributed by atoms with Crippen LogP contribution in [0, 0.1) is 6.92 Å². The van der Waals surface area contributed by atoms with E-state index in [1.54, 1.807) is 29.6 Å². The largest absolute Gasteiger partial charge is 0.335 e. The van der Waals surface area contributed by atoms with E-state index in [9.17, 15) is 4.79 Å². The van der Waals surface area contributed by atoms with Crippen molar-refractivity contribution in [2.24, 2.45) is 5.84 Å². The van der Waals surface area contributed by atoms with Gasteiger partial charge in [0, 0.05) is 11.9 Å². The maximum Gasteiger partial charge on any atom is 0.274 e. The number of nitrogen functional groups attached to an aromatic ring is 1. The van der Waals surface area contributed by atoms with Gasteiger partial charge in [0.1, 0.15) is 0 Å². The maximum absolute atomic E-state index is 12.1. The van der Waals surface area contributed by atoms with E-state index >= 15 is 0 Å². The number of carbonyl (C=O) groups excluding carboxylic acids is 1. The zero-order chi connectivity index (χ0) is 13.8. The highest BCUT2D eigenvalue weighted by Crippen LogP contribution is 2.15. The molecule has 0 fully saturated rings. The highest BCUT2D eigenvalue weighted by atomic mass is 32.1. The number of aromatic nitrogens is 3. The van der Waals surface area contributed by atoms with E-state index in [1.165, 1.54) is 11.3 Å². The van der Waals surface area contributed by atoms with Crippen LogP contribution in [-0.4, -0.2) is 33.0 Å². The third kappa shape index (κ3) is 3.04. The van der Waals surface area contributed by atoms with Crippen molar-refractivity contribution in [3.63, 3.8) is 0 Å². The number of anilines is 1. The lowest BCUT2D eigenvalue weighted by Crippen LogP contribution is -2.27. The molecule has 2 rings (SSSR count). The van der Waals surface area contributed by atoms with E-state index in [1.807, 2.05) is 6.92 Å². The maximum atomic E-state index is 12.1. The topological polar surface area (TPSA) is 97.0 Å². The van der Waals surface area contributed by atoms with Gasteiger partial charge >= 0.3 is 0 Å². The Hall–Kier alpha value is -2.06. The molecule has 2 aromatic rings. The summed E-state index contributed by atoms with van der Waals surface area (Å²) >= 11 is 1.53. The van der Waals surface area contributed by atoms with Crippen LogP contribution >= 0.6 is 11.3 Å². The standard InChI is InChI=1S/C11H14N6OS/c1-7-9(19-6-13-7)5-17(2)11(18)8-3-4-10(14-12)16-15-8/h3-4,6H,5,12H2,1-2H3,(H,14,16). The number of carbonyl (C=O) groups is 1. The molecule has 8 heteroatoms. The Bertz CT molecular complexity index is 567. The van der Waals surface area contributed by atoms with Crippen LogP contribution in [-0.2, 0) is 6.54 Å². The molecule has 0 unspecified atom stereocenters. The minimum Gasteiger partial charge on any atom is -0.335 e. The Kier molecular flexibility index (Phi) is 4.03. The molecule has 100 valence electrons. The second kappa shape index (κ2) is 5.72. The number of aryl methyl sites for hydroxylation is 1. The molecular formula is C11H14N6OS. The number of nitrogens with one attached hydrogen (secondary N) is 1. The van der Waals surface area contributed by atoms with Gasteiger partial charge in [0.25, 0.3) is 5.91 Å². The fourth-order valence-corrected chi connectivity index (χ4v) is 2.31. The Morgan fingerprint density at radius 1 is 1.47 bits per heavy atom. The van der Waals surface area contributed by atoms with Crippen molar-refractivity contribution in [3.05, 3.63) is 33.9 Å². The van der Waals surface area contributed by atoms with Crippen LogP contribution in [0.4, 0.5) is 5.82 Å². The number of nitrogens with two attached hydrogens (primary N) is 1. The third-order valence-electron chi connectivity index (χ3n) is 2.60. The lowest BCUT2D eigenvalue weighted by molar-refractivity contribution is 0.0779. The molecule has 0 atom stereocenters. The normalized spacial score (nSPS) is 10.3. The van der Waals surface area contributed by atoms with Gasteiger partial charge in [0.2, 0.25) is 0 Å². The van der Waals surface area contributed by atoms with Gasteiger partial charge in [-0.05, 0) is 19.1 Å². The minimum absolute atomic E-state index is 0.191. The van der Waals surface area contributed by atoms with Crippen LogP contribution in [0.15, 0.2) is 17.6 Å². The fraction of sp³-hybridized carbons (Fsp3) is 0.273. The number of thiazole rings is 1. The third-order valence-corrected chi connectivity index (χ3v) is 3.52. The van der Waals surface area contributed by atoms with E-state index in [0.29, 0.717) is 12.4 Å². The highest BCUT2D eigenvalue weighted by molar-refractivity contribution is 7.09. The van der Waals surface area contributed by atoms with E-state index in [2.05, 4.69) is 20.6 Å². The molecule has 1 amide bonds. The molecular weight excluding hydrogens is 264 g/mol. The SMILES string of the molecule is Cc1ncsc1CN(C)C(=O)c1ccc(NN)nn1. The molecule has 0 radical (unpaired) electrons. The Balaban J connectivity index is 2.08. The van der Waals surface area contributed by atoms with Crippen LogP contribution < -0.4 is 11.3 Å². The summed E-state index contributed by atoms with van der Waals surface area (Å²) in [6.45, 7) is 2.43. The second-order valence-electron chi connectivity index (χ2n) is 3.97. The first kappa shape index (κ1) is 13.4. The van der Waals surface area contributed by atoms with E-state index < -0.39 is 0 Å². The quantitative estimate of drug-likeness (QED) is 0.634. The first-order valence-corrected chi connectivity index (χ1v) is 6.44. The minimum atomic E-state index is -0.191. The zero-order valence-electron chi connectivity index (χ0n) is 10.6. The van der Waals surface area contributed by atoms with Crippen molar-refractivity contribution in [2.75, 3.05) is 12.5 Å². The smallest absolute Gasteiger partial charge is 0.274 e. The lowest BCUT2D eigenvalue weighted by atomic mass is 10.3. The van der Waals surface area contributed by atoms with Gasteiger partial charge in [-0.1, -0.05) is 0 Å². The fourth-order valence-electron chi connectivity index (χ4n) is 1.48. The number of amides is 1. The predicted molar refractivity (Wildman–Crippen MR) is 72.5 cm³/mol. The predicted octanol–water partition coefficient (Wildman–Crippen LogP) is 0.799. The van der Waals surface area contributed by atoms with Crippen LogP contribution in [0.5, 0.6) is 0 Å². The van der Waals surface area contributed by atoms with E-state index in [-0.39, 0.29) is 11.6 Å². The molecule has 0 spiro atoms. The summed E-state index contributed by atoms with van der Waals surface area (Å²) in [6.07, 6.45) is 0. The molecule has 0 aliphatic rings. The molecule has 0 saturated heterocycles. The lowest BCUT2D eigenvalue weighted by Gasteiger charge is -2.15. The van der Waals surface area contributed by atoms with Crippen molar-refractivity contribution in [3.8, 4) is 0 Å². The highest BCUT2D eigenvalue weighted by Gasteiger charge is 2.15. The summed E-state index contributed by atoms with van der Waals surface area (Å²) < 4.78 is 0. The molecule has 2 heterocycles. The number of nitrogens with zero attached hydrogens (tertiary/aromatic N) is 4. The van der Waals surface area contributed by atoms with Crippen LogP contribution in [0.1, 0.15) is 21.1 Å². The van der Waals surface area contributed by atoms with Gasteiger partial charge in [0.15, 0.2) is 11.5 Å². The second-order valence-corrected chi connectivity index (χ2v) is 4.91. The van der Waals surface area contributed by atoms with Crippen LogP contribution in [0.3, 0.4) is 0 Å². The number of hydrazine groups is 1. The first-order valence-electron chi connectivity index (χ1n) is 5.56. The summed E-state index contributed by atoms with van der Waals surface area (Å²) in [5, 5.41) is 7.60. The molecule has 19 heavy (non-hydrogen) atoms. The summed E-state index contributed by atoms with van der Waals surface area (Å²) in [4.78, 5) is 18.9. The number of hydrogen-bond donors (Lipinski definition) is 2. The van der Waals surface area contributed by atoms with Crippen molar-refractivity contribution in [2.45, 2.75) is 13.5 Å². The van der Waals surface area contributed by atoms with Gasteiger partial charge in [-0.3, -0.25) is 4.79 Å². The molecule has 0 aliphatic carbocycles. The van der Waals surface area contributed by atoms with Gasteiger partial charge in [-0.25, -0.2) is 10.8 Å². The summed E-state index contributed by atoms with van der Waals surface area (Å²) in [5.74, 6) is 5.41. The van der Waals surface area contributed by atoms with Gasteiger partial charge in [-0.15, -0.1) is 21.5 Å². The molecule has 0 aliphatic heterocycles.